The molecule has 0 rings (SSSR count). The van der Waals surface area contributed by atoms with Crippen molar-refractivity contribution in [1.29, 1.82) is 0 Å². The van der Waals surface area contributed by atoms with E-state index in [4.69, 9.17) is 27.9 Å². The average Bonchev–Trinajstić information content (AvgIpc) is 1.99. The van der Waals surface area contributed by atoms with Crippen molar-refractivity contribution in [1.82, 2.24) is 0 Å². The van der Waals surface area contributed by atoms with Gasteiger partial charge in [-0.15, -0.1) is 11.6 Å². The first-order valence-electron chi connectivity index (χ1n) is 4.83. The van der Waals surface area contributed by atoms with Crippen LogP contribution >= 0.6 is 23.2 Å². The van der Waals surface area contributed by atoms with Gasteiger partial charge in [0.05, 0.1) is 17.1 Å². The fraction of sp³-hybridized carbons (Fsp3) is 0.818. The van der Waals surface area contributed by atoms with E-state index in [-0.39, 0.29) is 11.5 Å². The van der Waals surface area contributed by atoms with Crippen LogP contribution in [0.5, 0.6) is 0 Å². The van der Waals surface area contributed by atoms with Crippen molar-refractivity contribution < 1.29 is 4.74 Å². The first kappa shape index (κ1) is 14.3. The van der Waals surface area contributed by atoms with Crippen LogP contribution in [0.3, 0.4) is 0 Å². The van der Waals surface area contributed by atoms with Crippen LogP contribution in [0.4, 0.5) is 0 Å². The van der Waals surface area contributed by atoms with Gasteiger partial charge in [-0.25, -0.2) is 0 Å². The largest absolute Gasteiger partial charge is 0.371 e. The van der Waals surface area contributed by atoms with Gasteiger partial charge in [-0.05, 0) is 41.5 Å². The van der Waals surface area contributed by atoms with Crippen LogP contribution in [0.15, 0.2) is 10.6 Å². The lowest BCUT2D eigenvalue weighted by Gasteiger charge is -2.32. The Labute approximate surface area is 97.4 Å². The molecule has 0 bridgehead atoms. The Bertz CT molecular complexity index is 215. The molecule has 0 heterocycles. The molecule has 3 heteroatoms. The Balaban J connectivity index is 4.66. The zero-order chi connectivity index (χ0) is 11.5. The minimum atomic E-state index is -0.440. The van der Waals surface area contributed by atoms with E-state index in [1.165, 1.54) is 0 Å². The summed E-state index contributed by atoms with van der Waals surface area (Å²) >= 11 is 12.3. The maximum Gasteiger partial charge on any atom is 0.0975 e. The molecule has 14 heavy (non-hydrogen) atoms. The smallest absolute Gasteiger partial charge is 0.0975 e. The number of rotatable bonds is 4. The second-order valence-corrected chi connectivity index (χ2v) is 5.32. The van der Waals surface area contributed by atoms with Gasteiger partial charge in [0.25, 0.3) is 0 Å². The molecule has 0 amide bonds. The summed E-state index contributed by atoms with van der Waals surface area (Å²) < 4.78 is 5.72. The zero-order valence-corrected chi connectivity index (χ0v) is 11.3. The monoisotopic (exact) mass is 238 g/mol. The molecule has 0 fully saturated rings. The van der Waals surface area contributed by atoms with E-state index in [1.54, 1.807) is 0 Å². The lowest BCUT2D eigenvalue weighted by atomic mass is 10.0. The van der Waals surface area contributed by atoms with Gasteiger partial charge in [-0.3, -0.25) is 0 Å². The predicted molar refractivity (Wildman–Crippen MR) is 64.2 cm³/mol. The van der Waals surface area contributed by atoms with E-state index >= 15 is 0 Å². The Kier molecular flexibility index (Phi) is 5.50. The molecular weight excluding hydrogens is 219 g/mol. The van der Waals surface area contributed by atoms with E-state index in [1.807, 2.05) is 41.5 Å². The van der Waals surface area contributed by atoms with E-state index in [0.717, 1.165) is 5.57 Å². The highest BCUT2D eigenvalue weighted by molar-refractivity contribution is 6.38. The molecule has 1 atom stereocenters. The second-order valence-electron chi connectivity index (χ2n) is 4.48. The number of alkyl halides is 1. The third-order valence-electron chi connectivity index (χ3n) is 1.85. The molecule has 0 N–H and O–H groups in total. The quantitative estimate of drug-likeness (QED) is 0.663. The fourth-order valence-electron chi connectivity index (χ4n) is 1.23. The SMILES string of the molecule is CC(C)=C(Cl)C(Cl)C(C)(C)OC(C)C. The number of hydrogen-bond donors (Lipinski definition) is 0. The summed E-state index contributed by atoms with van der Waals surface area (Å²) in [4.78, 5) is 0. The summed E-state index contributed by atoms with van der Waals surface area (Å²) in [5.74, 6) is 0. The summed E-state index contributed by atoms with van der Waals surface area (Å²) in [6.07, 6.45) is 0.146. The molecule has 0 aliphatic heterocycles. The zero-order valence-electron chi connectivity index (χ0n) is 9.82. The van der Waals surface area contributed by atoms with E-state index in [0.29, 0.717) is 5.03 Å². The van der Waals surface area contributed by atoms with Crippen molar-refractivity contribution in [2.45, 2.75) is 58.6 Å². The molecule has 0 saturated carbocycles. The van der Waals surface area contributed by atoms with Crippen molar-refractivity contribution in [3.05, 3.63) is 10.6 Å². The maximum atomic E-state index is 6.25. The highest BCUT2D eigenvalue weighted by atomic mass is 35.5. The number of hydrogen-bond acceptors (Lipinski definition) is 1. The summed E-state index contributed by atoms with van der Waals surface area (Å²) in [6.45, 7) is 11.8. The van der Waals surface area contributed by atoms with E-state index < -0.39 is 5.60 Å². The molecule has 0 aliphatic rings. The topological polar surface area (TPSA) is 9.23 Å². The van der Waals surface area contributed by atoms with Crippen molar-refractivity contribution in [2.24, 2.45) is 0 Å². The minimum absolute atomic E-state index is 0.146. The molecule has 0 aliphatic carbocycles. The van der Waals surface area contributed by atoms with Crippen LogP contribution < -0.4 is 0 Å². The van der Waals surface area contributed by atoms with E-state index in [2.05, 4.69) is 0 Å². The number of allylic oxidation sites excluding steroid dienone is 1. The summed E-state index contributed by atoms with van der Waals surface area (Å²) in [5.41, 5.74) is 0.594. The molecule has 84 valence electrons. The van der Waals surface area contributed by atoms with Gasteiger partial charge in [-0.2, -0.15) is 0 Å². The normalized spacial score (nSPS) is 14.4. The lowest BCUT2D eigenvalue weighted by molar-refractivity contribution is -0.0514. The van der Waals surface area contributed by atoms with Crippen molar-refractivity contribution in [2.75, 3.05) is 0 Å². The molecule has 0 aromatic rings. The molecule has 1 nitrogen and oxygen atoms in total. The van der Waals surface area contributed by atoms with Crippen molar-refractivity contribution in [3.8, 4) is 0 Å². The Hall–Kier alpha value is 0.280. The number of ether oxygens (including phenoxy) is 1. The standard InChI is InChI=1S/C11H20Cl2O/c1-7(2)9(12)10(13)11(5,6)14-8(3)4/h8,10H,1-6H3. The molecule has 0 spiro atoms. The van der Waals surface area contributed by atoms with Crippen LogP contribution in [0.2, 0.25) is 0 Å². The highest BCUT2D eigenvalue weighted by Gasteiger charge is 2.32. The van der Waals surface area contributed by atoms with Crippen LogP contribution in [-0.2, 0) is 4.74 Å². The average molecular weight is 239 g/mol. The van der Waals surface area contributed by atoms with Crippen LogP contribution in [-0.4, -0.2) is 17.1 Å². The molecule has 0 aromatic heterocycles. The summed E-state index contributed by atoms with van der Waals surface area (Å²) in [5, 5.41) is 0.383. The summed E-state index contributed by atoms with van der Waals surface area (Å²) in [7, 11) is 0. The Morgan fingerprint density at radius 2 is 1.64 bits per heavy atom. The van der Waals surface area contributed by atoms with Gasteiger partial charge in [0, 0.05) is 5.03 Å². The van der Waals surface area contributed by atoms with Gasteiger partial charge >= 0.3 is 0 Å². The van der Waals surface area contributed by atoms with Gasteiger partial charge in [-0.1, -0.05) is 17.2 Å². The molecule has 0 saturated heterocycles. The third-order valence-corrected chi connectivity index (χ3v) is 3.30. The Morgan fingerprint density at radius 3 is 1.93 bits per heavy atom. The molecular formula is C11H20Cl2O. The van der Waals surface area contributed by atoms with Crippen LogP contribution in [0, 0.1) is 0 Å². The summed E-state index contributed by atoms with van der Waals surface area (Å²) in [6, 6.07) is 0. The first-order valence-corrected chi connectivity index (χ1v) is 5.64. The minimum Gasteiger partial charge on any atom is -0.371 e. The van der Waals surface area contributed by atoms with Crippen molar-refractivity contribution >= 4 is 23.2 Å². The molecule has 0 aromatic carbocycles. The van der Waals surface area contributed by atoms with Gasteiger partial charge in [0.1, 0.15) is 0 Å². The fourth-order valence-corrected chi connectivity index (χ4v) is 1.76. The maximum absolute atomic E-state index is 6.25. The molecule has 0 radical (unpaired) electrons. The first-order chi connectivity index (χ1) is 6.18. The molecule has 1 unspecified atom stereocenters. The van der Waals surface area contributed by atoms with Gasteiger partial charge < -0.3 is 4.74 Å². The second kappa shape index (κ2) is 5.39. The van der Waals surface area contributed by atoms with E-state index in [9.17, 15) is 0 Å². The Morgan fingerprint density at radius 1 is 1.21 bits per heavy atom. The predicted octanol–water partition coefficient (Wildman–Crippen LogP) is 4.33. The lowest BCUT2D eigenvalue weighted by Crippen LogP contribution is -2.38. The van der Waals surface area contributed by atoms with Crippen molar-refractivity contribution in [3.63, 3.8) is 0 Å². The van der Waals surface area contributed by atoms with Gasteiger partial charge in [0.2, 0.25) is 0 Å². The third kappa shape index (κ3) is 4.20. The van der Waals surface area contributed by atoms with Crippen LogP contribution in [0.1, 0.15) is 41.5 Å². The highest BCUT2D eigenvalue weighted by Crippen LogP contribution is 2.31. The van der Waals surface area contributed by atoms with Crippen LogP contribution in [0.25, 0.3) is 0 Å². The number of halogens is 2. The van der Waals surface area contributed by atoms with Gasteiger partial charge in [0.15, 0.2) is 0 Å².